The van der Waals surface area contributed by atoms with Crippen LogP contribution in [0.4, 0.5) is 0 Å². The molecule has 2 N–H and O–H groups in total. The Balaban J connectivity index is 2.73. The van der Waals surface area contributed by atoms with Crippen molar-refractivity contribution in [2.24, 2.45) is 0 Å². The number of Topliss-reactive ketones (excluding diaryl/α,β-unsaturated/α-hetero) is 1. The van der Waals surface area contributed by atoms with Gasteiger partial charge in [-0.2, -0.15) is 0 Å². The van der Waals surface area contributed by atoms with E-state index in [-0.39, 0.29) is 5.56 Å². The topological polar surface area (TPSA) is 70.2 Å². The van der Waals surface area contributed by atoms with E-state index in [1.54, 1.807) is 18.2 Å². The van der Waals surface area contributed by atoms with Gasteiger partial charge in [-0.25, -0.2) is 4.79 Å². The molecular formula is C10H6ClNO3. The van der Waals surface area contributed by atoms with E-state index in [4.69, 9.17) is 16.7 Å². The minimum atomic E-state index is -1.49. The van der Waals surface area contributed by atoms with Crippen molar-refractivity contribution in [1.82, 2.24) is 4.98 Å². The first-order valence-corrected chi connectivity index (χ1v) is 4.52. The number of carboxylic acid groups (broad SMARTS) is 1. The summed E-state index contributed by atoms with van der Waals surface area (Å²) in [6, 6.07) is 5.05. The van der Waals surface area contributed by atoms with E-state index in [1.165, 1.54) is 6.20 Å². The first-order chi connectivity index (χ1) is 7.11. The molecule has 2 aromatic rings. The third kappa shape index (κ3) is 1.49. The predicted molar refractivity (Wildman–Crippen MR) is 55.3 cm³/mol. The van der Waals surface area contributed by atoms with Crippen LogP contribution < -0.4 is 0 Å². The van der Waals surface area contributed by atoms with Crippen LogP contribution in [0.1, 0.15) is 10.4 Å². The average Bonchev–Trinajstić information content (AvgIpc) is 2.61. The fourth-order valence-corrected chi connectivity index (χ4v) is 1.71. The molecule has 0 radical (unpaired) electrons. The molecule has 0 aliphatic carbocycles. The van der Waals surface area contributed by atoms with Gasteiger partial charge in [0.25, 0.3) is 5.78 Å². The number of nitrogens with one attached hydrogen (secondary N) is 1. The van der Waals surface area contributed by atoms with Gasteiger partial charge >= 0.3 is 5.97 Å². The van der Waals surface area contributed by atoms with Crippen LogP contribution in [0.2, 0.25) is 5.02 Å². The molecule has 0 fully saturated rings. The Bertz CT molecular complexity index is 559. The molecule has 0 aliphatic heterocycles. The van der Waals surface area contributed by atoms with Gasteiger partial charge in [-0.15, -0.1) is 0 Å². The highest BCUT2D eigenvalue weighted by Crippen LogP contribution is 2.26. The van der Waals surface area contributed by atoms with Crippen LogP contribution in [0.15, 0.2) is 24.4 Å². The third-order valence-electron chi connectivity index (χ3n) is 2.09. The fourth-order valence-electron chi connectivity index (χ4n) is 1.43. The molecule has 0 unspecified atom stereocenters. The number of hydrogen-bond donors (Lipinski definition) is 2. The SMILES string of the molecule is O=C(O)C(=O)c1c[nH]c2cccc(Cl)c12. The second-order valence-corrected chi connectivity index (χ2v) is 3.41. The second-order valence-electron chi connectivity index (χ2n) is 3.00. The Kier molecular flexibility index (Phi) is 2.21. The number of carbonyl (C=O) groups is 2. The van der Waals surface area contributed by atoms with Gasteiger partial charge < -0.3 is 10.1 Å². The molecule has 0 saturated heterocycles. The average molecular weight is 224 g/mol. The minimum absolute atomic E-state index is 0.0862. The summed E-state index contributed by atoms with van der Waals surface area (Å²) in [6.07, 6.45) is 1.35. The lowest BCUT2D eigenvalue weighted by Crippen LogP contribution is -2.11. The van der Waals surface area contributed by atoms with Crippen molar-refractivity contribution in [3.05, 3.63) is 35.0 Å². The molecule has 0 saturated carbocycles. The molecule has 0 aliphatic rings. The lowest BCUT2D eigenvalue weighted by atomic mass is 10.1. The van der Waals surface area contributed by atoms with Gasteiger partial charge in [0.15, 0.2) is 0 Å². The number of halogens is 1. The lowest BCUT2D eigenvalue weighted by Gasteiger charge is -1.96. The maximum atomic E-state index is 11.3. The number of carboxylic acids is 1. The van der Waals surface area contributed by atoms with E-state index in [0.717, 1.165) is 0 Å². The number of benzene rings is 1. The molecule has 15 heavy (non-hydrogen) atoms. The van der Waals surface area contributed by atoms with E-state index in [0.29, 0.717) is 15.9 Å². The van der Waals surface area contributed by atoms with Gasteiger partial charge in [-0.1, -0.05) is 17.7 Å². The van der Waals surface area contributed by atoms with Crippen molar-refractivity contribution in [1.29, 1.82) is 0 Å². The van der Waals surface area contributed by atoms with Gasteiger partial charge in [0.2, 0.25) is 0 Å². The summed E-state index contributed by atoms with van der Waals surface area (Å²) in [5.74, 6) is -2.45. The Morgan fingerprint density at radius 1 is 1.33 bits per heavy atom. The first kappa shape index (κ1) is 9.73. The predicted octanol–water partition coefficient (Wildman–Crippen LogP) is 2.09. The van der Waals surface area contributed by atoms with Crippen molar-refractivity contribution in [2.45, 2.75) is 0 Å². The molecule has 2 rings (SSSR count). The van der Waals surface area contributed by atoms with Gasteiger partial charge in [0.05, 0.1) is 10.6 Å². The van der Waals surface area contributed by atoms with E-state index in [9.17, 15) is 9.59 Å². The summed E-state index contributed by atoms with van der Waals surface area (Å²) >= 11 is 5.89. The normalized spacial score (nSPS) is 10.5. The standard InChI is InChI=1S/C10H6ClNO3/c11-6-2-1-3-7-8(6)5(4-12-7)9(13)10(14)15/h1-4,12H,(H,14,15). The van der Waals surface area contributed by atoms with Crippen LogP contribution >= 0.6 is 11.6 Å². The zero-order chi connectivity index (χ0) is 11.0. The Labute approximate surface area is 89.5 Å². The maximum absolute atomic E-state index is 11.3. The summed E-state index contributed by atoms with van der Waals surface area (Å²) in [7, 11) is 0. The number of H-pyrrole nitrogens is 1. The van der Waals surface area contributed by atoms with Gasteiger partial charge in [0.1, 0.15) is 0 Å². The number of carbonyl (C=O) groups excluding carboxylic acids is 1. The van der Waals surface area contributed by atoms with E-state index in [2.05, 4.69) is 4.98 Å². The van der Waals surface area contributed by atoms with Crippen LogP contribution in [0.25, 0.3) is 10.9 Å². The van der Waals surface area contributed by atoms with Gasteiger partial charge in [-0.3, -0.25) is 4.79 Å². The van der Waals surface area contributed by atoms with Crippen molar-refractivity contribution >= 4 is 34.3 Å². The van der Waals surface area contributed by atoms with E-state index < -0.39 is 11.8 Å². The summed E-state index contributed by atoms with van der Waals surface area (Å²) < 4.78 is 0. The zero-order valence-electron chi connectivity index (χ0n) is 7.45. The molecule has 1 heterocycles. The quantitative estimate of drug-likeness (QED) is 0.605. The van der Waals surface area contributed by atoms with Crippen LogP contribution in [0.3, 0.4) is 0 Å². The van der Waals surface area contributed by atoms with Gasteiger partial charge in [0, 0.05) is 17.1 Å². The van der Waals surface area contributed by atoms with Gasteiger partial charge in [-0.05, 0) is 12.1 Å². The third-order valence-corrected chi connectivity index (χ3v) is 2.41. The Morgan fingerprint density at radius 2 is 2.07 bits per heavy atom. The maximum Gasteiger partial charge on any atom is 0.377 e. The molecule has 5 heteroatoms. The number of aromatic amines is 1. The number of fused-ring (bicyclic) bond motifs is 1. The molecule has 0 amide bonds. The molecule has 0 bridgehead atoms. The number of aromatic nitrogens is 1. The monoisotopic (exact) mass is 223 g/mol. The molecule has 4 nitrogen and oxygen atoms in total. The molecule has 0 atom stereocenters. The van der Waals surface area contributed by atoms with Crippen molar-refractivity contribution in [3.63, 3.8) is 0 Å². The lowest BCUT2D eigenvalue weighted by molar-refractivity contribution is -0.131. The number of hydrogen-bond acceptors (Lipinski definition) is 2. The molecule has 0 spiro atoms. The first-order valence-electron chi connectivity index (χ1n) is 4.14. The van der Waals surface area contributed by atoms with Crippen molar-refractivity contribution in [2.75, 3.05) is 0 Å². The molecule has 76 valence electrons. The Hall–Kier alpha value is -1.81. The summed E-state index contributed by atoms with van der Waals surface area (Å²) in [4.78, 5) is 24.6. The number of rotatable bonds is 2. The highest BCUT2D eigenvalue weighted by atomic mass is 35.5. The summed E-state index contributed by atoms with van der Waals surface area (Å²) in [5, 5.41) is 9.41. The highest BCUT2D eigenvalue weighted by Gasteiger charge is 2.19. The largest absolute Gasteiger partial charge is 0.475 e. The highest BCUT2D eigenvalue weighted by molar-refractivity contribution is 6.45. The second kappa shape index (κ2) is 3.40. The van der Waals surface area contributed by atoms with Crippen LogP contribution in [0.5, 0.6) is 0 Å². The number of ketones is 1. The Morgan fingerprint density at radius 3 is 2.73 bits per heavy atom. The molecular weight excluding hydrogens is 218 g/mol. The fraction of sp³-hybridized carbons (Fsp3) is 0. The number of aliphatic carboxylic acids is 1. The van der Waals surface area contributed by atoms with E-state index >= 15 is 0 Å². The summed E-state index contributed by atoms with van der Waals surface area (Å²) in [6.45, 7) is 0. The minimum Gasteiger partial charge on any atom is -0.475 e. The zero-order valence-corrected chi connectivity index (χ0v) is 8.21. The molecule has 1 aromatic carbocycles. The molecule has 1 aromatic heterocycles. The van der Waals surface area contributed by atoms with Crippen molar-refractivity contribution in [3.8, 4) is 0 Å². The summed E-state index contributed by atoms with van der Waals surface area (Å²) in [5.41, 5.74) is 0.732. The van der Waals surface area contributed by atoms with Crippen LogP contribution in [0, 0.1) is 0 Å². The van der Waals surface area contributed by atoms with Crippen LogP contribution in [-0.4, -0.2) is 21.8 Å². The van der Waals surface area contributed by atoms with E-state index in [1.807, 2.05) is 0 Å². The van der Waals surface area contributed by atoms with Crippen LogP contribution in [-0.2, 0) is 4.79 Å². The smallest absolute Gasteiger partial charge is 0.377 e. The van der Waals surface area contributed by atoms with Crippen molar-refractivity contribution < 1.29 is 14.7 Å².